The monoisotopic (exact) mass is 352 g/mol. The van der Waals surface area contributed by atoms with Gasteiger partial charge in [-0.05, 0) is 25.0 Å². The third-order valence-corrected chi connectivity index (χ3v) is 5.41. The maximum atomic E-state index is 6.27. The predicted octanol–water partition coefficient (Wildman–Crippen LogP) is 5.35. The van der Waals surface area contributed by atoms with Gasteiger partial charge in [-0.25, -0.2) is 4.98 Å². The number of halogens is 2. The van der Waals surface area contributed by atoms with Gasteiger partial charge in [-0.15, -0.1) is 11.6 Å². The topological polar surface area (TPSA) is 24.9 Å². The number of aromatic nitrogens is 1. The lowest BCUT2D eigenvalue weighted by atomic mass is 9.83. The van der Waals surface area contributed by atoms with Crippen LogP contribution in [0.2, 0.25) is 0 Å². The Morgan fingerprint density at radius 2 is 1.95 bits per heavy atom. The normalized spacial score (nSPS) is 18.1. The summed E-state index contributed by atoms with van der Waals surface area (Å²) in [4.78, 5) is 4.54. The summed E-state index contributed by atoms with van der Waals surface area (Å²) >= 11 is 9.88. The largest absolute Gasteiger partial charge is 0.363 e. The molecule has 0 saturated heterocycles. The summed E-state index contributed by atoms with van der Waals surface area (Å²) < 4.78 is 1.10. The molecule has 20 heavy (non-hydrogen) atoms. The highest BCUT2D eigenvalue weighted by Gasteiger charge is 2.31. The van der Waals surface area contributed by atoms with E-state index in [2.05, 4.69) is 38.4 Å². The van der Waals surface area contributed by atoms with Gasteiger partial charge in [0.25, 0.3) is 0 Å². The molecule has 0 amide bonds. The molecule has 1 fully saturated rings. The fourth-order valence-electron chi connectivity index (χ4n) is 3.04. The van der Waals surface area contributed by atoms with Gasteiger partial charge in [0.15, 0.2) is 0 Å². The van der Waals surface area contributed by atoms with Crippen molar-refractivity contribution in [3.63, 3.8) is 0 Å². The van der Waals surface area contributed by atoms with E-state index < -0.39 is 0 Å². The van der Waals surface area contributed by atoms with E-state index in [0.29, 0.717) is 5.88 Å². The summed E-state index contributed by atoms with van der Waals surface area (Å²) in [6.07, 6.45) is 7.92. The molecule has 1 aromatic carbocycles. The number of rotatable bonds is 3. The van der Waals surface area contributed by atoms with Crippen molar-refractivity contribution in [3.05, 3.63) is 34.9 Å². The second kappa shape index (κ2) is 5.90. The third-order valence-electron chi connectivity index (χ3n) is 4.20. The second-order valence-electron chi connectivity index (χ2n) is 5.59. The molecule has 1 aliphatic rings. The van der Waals surface area contributed by atoms with E-state index in [1.807, 2.05) is 18.3 Å². The molecule has 0 aliphatic heterocycles. The molecule has 0 unspecified atom stereocenters. The predicted molar refractivity (Wildman–Crippen MR) is 89.6 cm³/mol. The quantitative estimate of drug-likeness (QED) is 0.752. The molecule has 1 aromatic heterocycles. The Morgan fingerprint density at radius 1 is 1.15 bits per heavy atom. The van der Waals surface area contributed by atoms with Gasteiger partial charge >= 0.3 is 0 Å². The SMILES string of the molecule is ClCC1(Nc2nccc3c(Br)cccc23)CCCCC1. The van der Waals surface area contributed by atoms with Gasteiger partial charge in [-0.2, -0.15) is 0 Å². The first kappa shape index (κ1) is 14.2. The second-order valence-corrected chi connectivity index (χ2v) is 6.72. The maximum absolute atomic E-state index is 6.27. The smallest absolute Gasteiger partial charge is 0.134 e. The van der Waals surface area contributed by atoms with Crippen LogP contribution in [0.25, 0.3) is 10.8 Å². The minimum absolute atomic E-state index is 0.00338. The summed E-state index contributed by atoms with van der Waals surface area (Å²) in [7, 11) is 0. The number of hydrogen-bond donors (Lipinski definition) is 1. The van der Waals surface area contributed by atoms with E-state index in [0.717, 1.165) is 28.5 Å². The number of nitrogens with one attached hydrogen (secondary N) is 1. The standard InChI is InChI=1S/C16H18BrClN2/c17-14-6-4-5-13-12(14)7-10-19-15(13)20-16(11-18)8-2-1-3-9-16/h4-7,10H,1-3,8-9,11H2,(H,19,20). The van der Waals surface area contributed by atoms with E-state index in [4.69, 9.17) is 11.6 Å². The highest BCUT2D eigenvalue weighted by atomic mass is 79.9. The van der Waals surface area contributed by atoms with Gasteiger partial charge in [0.2, 0.25) is 0 Å². The van der Waals surface area contributed by atoms with Gasteiger partial charge in [0.05, 0.1) is 5.54 Å². The number of benzene rings is 1. The van der Waals surface area contributed by atoms with Crippen molar-refractivity contribution in [3.8, 4) is 0 Å². The van der Waals surface area contributed by atoms with Crippen LogP contribution < -0.4 is 5.32 Å². The van der Waals surface area contributed by atoms with Crippen molar-refractivity contribution in [2.24, 2.45) is 0 Å². The molecule has 1 aliphatic carbocycles. The summed E-state index contributed by atoms with van der Waals surface area (Å²) in [5.41, 5.74) is 0.00338. The van der Waals surface area contributed by atoms with Gasteiger partial charge in [-0.1, -0.05) is 47.3 Å². The number of anilines is 1. The fraction of sp³-hybridized carbons (Fsp3) is 0.438. The first-order valence-corrected chi connectivity index (χ1v) is 8.44. The maximum Gasteiger partial charge on any atom is 0.134 e. The molecule has 3 rings (SSSR count). The minimum atomic E-state index is 0.00338. The summed E-state index contributed by atoms with van der Waals surface area (Å²) in [6, 6.07) is 8.26. The minimum Gasteiger partial charge on any atom is -0.363 e. The molecule has 2 aromatic rings. The van der Waals surface area contributed by atoms with E-state index >= 15 is 0 Å². The molecule has 4 heteroatoms. The molecule has 1 N–H and O–H groups in total. The lowest BCUT2D eigenvalue weighted by molar-refractivity contribution is 0.353. The van der Waals surface area contributed by atoms with Gasteiger partial charge in [-0.3, -0.25) is 0 Å². The van der Waals surface area contributed by atoms with Gasteiger partial charge in [0.1, 0.15) is 5.82 Å². The Bertz CT molecular complexity index is 608. The van der Waals surface area contributed by atoms with Crippen molar-refractivity contribution in [1.29, 1.82) is 0 Å². The van der Waals surface area contributed by atoms with E-state index in [9.17, 15) is 0 Å². The van der Waals surface area contributed by atoms with Crippen LogP contribution in [0.4, 0.5) is 5.82 Å². The van der Waals surface area contributed by atoms with Crippen LogP contribution in [0.1, 0.15) is 32.1 Å². The van der Waals surface area contributed by atoms with Crippen LogP contribution in [-0.4, -0.2) is 16.4 Å². The van der Waals surface area contributed by atoms with Crippen molar-refractivity contribution in [2.45, 2.75) is 37.6 Å². The van der Waals surface area contributed by atoms with Crippen molar-refractivity contribution in [2.75, 3.05) is 11.2 Å². The first-order valence-electron chi connectivity index (χ1n) is 7.11. The Kier molecular flexibility index (Phi) is 4.18. The lowest BCUT2D eigenvalue weighted by Gasteiger charge is -2.37. The molecule has 0 atom stereocenters. The zero-order valence-electron chi connectivity index (χ0n) is 11.3. The van der Waals surface area contributed by atoms with E-state index in [-0.39, 0.29) is 5.54 Å². The molecule has 106 valence electrons. The third kappa shape index (κ3) is 2.66. The Hall–Kier alpha value is -0.800. The molecule has 0 radical (unpaired) electrons. The van der Waals surface area contributed by atoms with Crippen molar-refractivity contribution < 1.29 is 0 Å². The van der Waals surface area contributed by atoms with Crippen LogP contribution >= 0.6 is 27.5 Å². The van der Waals surface area contributed by atoms with Crippen LogP contribution in [0.3, 0.4) is 0 Å². The molecule has 2 nitrogen and oxygen atoms in total. The van der Waals surface area contributed by atoms with Crippen molar-refractivity contribution in [1.82, 2.24) is 4.98 Å². The molecule has 1 heterocycles. The van der Waals surface area contributed by atoms with Crippen LogP contribution in [0.15, 0.2) is 34.9 Å². The van der Waals surface area contributed by atoms with Crippen LogP contribution in [0.5, 0.6) is 0 Å². The van der Waals surface area contributed by atoms with Gasteiger partial charge < -0.3 is 5.32 Å². The number of hydrogen-bond acceptors (Lipinski definition) is 2. The number of pyridine rings is 1. The molecule has 0 spiro atoms. The molecular weight excluding hydrogens is 336 g/mol. The highest BCUT2D eigenvalue weighted by molar-refractivity contribution is 9.10. The Labute approximate surface area is 133 Å². The number of nitrogens with zero attached hydrogens (tertiary/aromatic N) is 1. The highest BCUT2D eigenvalue weighted by Crippen LogP contribution is 2.35. The zero-order chi connectivity index (χ0) is 14.0. The summed E-state index contributed by atoms with van der Waals surface area (Å²) in [5, 5.41) is 5.99. The average molecular weight is 354 g/mol. The van der Waals surface area contributed by atoms with Crippen LogP contribution in [0, 0.1) is 0 Å². The Morgan fingerprint density at radius 3 is 2.70 bits per heavy atom. The molecule has 0 bridgehead atoms. The summed E-state index contributed by atoms with van der Waals surface area (Å²) in [6.45, 7) is 0. The zero-order valence-corrected chi connectivity index (χ0v) is 13.7. The Balaban J connectivity index is 2.00. The molecular formula is C16H18BrClN2. The van der Waals surface area contributed by atoms with E-state index in [1.54, 1.807) is 0 Å². The fourth-order valence-corrected chi connectivity index (χ4v) is 3.87. The number of alkyl halides is 1. The first-order chi connectivity index (χ1) is 9.74. The van der Waals surface area contributed by atoms with Crippen LogP contribution in [-0.2, 0) is 0 Å². The number of fused-ring (bicyclic) bond motifs is 1. The molecule has 1 saturated carbocycles. The van der Waals surface area contributed by atoms with Crippen molar-refractivity contribution >= 4 is 44.1 Å². The average Bonchev–Trinajstić information content (AvgIpc) is 2.49. The summed E-state index contributed by atoms with van der Waals surface area (Å²) in [5.74, 6) is 1.59. The lowest BCUT2D eigenvalue weighted by Crippen LogP contribution is -2.42. The van der Waals surface area contributed by atoms with Gasteiger partial charge in [0, 0.05) is 27.3 Å². The van der Waals surface area contributed by atoms with E-state index in [1.165, 1.54) is 24.6 Å².